The van der Waals surface area contributed by atoms with Crippen molar-refractivity contribution in [2.45, 2.75) is 64.3 Å². The van der Waals surface area contributed by atoms with Crippen LogP contribution in [-0.2, 0) is 4.79 Å². The maximum absolute atomic E-state index is 11.0. The monoisotopic (exact) mass is 253 g/mol. The summed E-state index contributed by atoms with van der Waals surface area (Å²) in [5.74, 6) is 0.983. The molecule has 0 spiro atoms. The minimum atomic E-state index is -0.604. The standard InChI is InChI=1S/C15H27NO2/c1-11-4-2-5-12(8-11)10-16-14-7-3-6-13(9-14)15(17)18/h11-14,16H,2-10H2,1H3,(H,17,18). The highest BCUT2D eigenvalue weighted by atomic mass is 16.4. The van der Waals surface area contributed by atoms with Gasteiger partial charge in [-0.3, -0.25) is 4.79 Å². The molecule has 4 atom stereocenters. The lowest BCUT2D eigenvalue weighted by Crippen LogP contribution is -2.39. The van der Waals surface area contributed by atoms with Gasteiger partial charge in [0, 0.05) is 6.04 Å². The average molecular weight is 253 g/mol. The minimum absolute atomic E-state index is 0.110. The summed E-state index contributed by atoms with van der Waals surface area (Å²) in [4.78, 5) is 11.0. The van der Waals surface area contributed by atoms with Crippen molar-refractivity contribution < 1.29 is 9.90 Å². The number of hydrogen-bond donors (Lipinski definition) is 2. The van der Waals surface area contributed by atoms with Crippen LogP contribution < -0.4 is 5.32 Å². The van der Waals surface area contributed by atoms with Crippen LogP contribution in [0.15, 0.2) is 0 Å². The molecule has 2 aliphatic carbocycles. The Morgan fingerprint density at radius 2 is 1.94 bits per heavy atom. The van der Waals surface area contributed by atoms with Crippen molar-refractivity contribution in [2.24, 2.45) is 17.8 Å². The van der Waals surface area contributed by atoms with E-state index >= 15 is 0 Å². The van der Waals surface area contributed by atoms with E-state index in [1.807, 2.05) is 0 Å². The highest BCUT2D eigenvalue weighted by Gasteiger charge is 2.27. The van der Waals surface area contributed by atoms with Crippen molar-refractivity contribution in [2.75, 3.05) is 6.54 Å². The number of carbonyl (C=O) groups is 1. The van der Waals surface area contributed by atoms with Crippen molar-refractivity contribution in [3.8, 4) is 0 Å². The van der Waals surface area contributed by atoms with Crippen LogP contribution >= 0.6 is 0 Å². The Kier molecular flexibility index (Phi) is 5.04. The van der Waals surface area contributed by atoms with Crippen molar-refractivity contribution in [3.05, 3.63) is 0 Å². The van der Waals surface area contributed by atoms with Gasteiger partial charge in [-0.2, -0.15) is 0 Å². The van der Waals surface area contributed by atoms with Crippen molar-refractivity contribution >= 4 is 5.97 Å². The predicted octanol–water partition coefficient (Wildman–Crippen LogP) is 3.05. The molecule has 0 bridgehead atoms. The first-order valence-corrected chi connectivity index (χ1v) is 7.61. The van der Waals surface area contributed by atoms with Gasteiger partial charge in [0.25, 0.3) is 0 Å². The SMILES string of the molecule is CC1CCCC(CNC2CCCC(C(=O)O)C2)C1. The van der Waals surface area contributed by atoms with Gasteiger partial charge in [0.05, 0.1) is 5.92 Å². The summed E-state index contributed by atoms with van der Waals surface area (Å²) in [6.07, 6.45) is 9.39. The third-order valence-electron chi connectivity index (χ3n) is 4.76. The first kappa shape index (κ1) is 13.9. The highest BCUT2D eigenvalue weighted by molar-refractivity contribution is 5.70. The summed E-state index contributed by atoms with van der Waals surface area (Å²) in [5.41, 5.74) is 0. The van der Waals surface area contributed by atoms with Gasteiger partial charge in [0.1, 0.15) is 0 Å². The van der Waals surface area contributed by atoms with E-state index in [9.17, 15) is 4.79 Å². The number of carboxylic acids is 1. The molecule has 104 valence electrons. The lowest BCUT2D eigenvalue weighted by Gasteiger charge is -2.31. The van der Waals surface area contributed by atoms with Crippen LogP contribution in [0.25, 0.3) is 0 Å². The van der Waals surface area contributed by atoms with Gasteiger partial charge < -0.3 is 10.4 Å². The zero-order valence-corrected chi connectivity index (χ0v) is 11.5. The number of aliphatic carboxylic acids is 1. The summed E-state index contributed by atoms with van der Waals surface area (Å²) in [6, 6.07) is 0.442. The zero-order valence-electron chi connectivity index (χ0n) is 11.5. The van der Waals surface area contributed by atoms with Gasteiger partial charge in [-0.15, -0.1) is 0 Å². The van der Waals surface area contributed by atoms with Crippen LogP contribution in [0.5, 0.6) is 0 Å². The lowest BCUT2D eigenvalue weighted by atomic mass is 9.81. The van der Waals surface area contributed by atoms with E-state index in [0.717, 1.165) is 44.1 Å². The van der Waals surface area contributed by atoms with Crippen LogP contribution in [0.2, 0.25) is 0 Å². The van der Waals surface area contributed by atoms with E-state index in [-0.39, 0.29) is 5.92 Å². The summed E-state index contributed by atoms with van der Waals surface area (Å²) < 4.78 is 0. The molecule has 0 heterocycles. The van der Waals surface area contributed by atoms with Crippen molar-refractivity contribution in [1.29, 1.82) is 0 Å². The Hall–Kier alpha value is -0.570. The molecule has 0 radical (unpaired) electrons. The molecule has 0 aromatic heterocycles. The topological polar surface area (TPSA) is 49.3 Å². The average Bonchev–Trinajstić information content (AvgIpc) is 2.37. The number of carboxylic acid groups (broad SMARTS) is 1. The van der Waals surface area contributed by atoms with E-state index in [1.165, 1.54) is 25.7 Å². The molecular weight excluding hydrogens is 226 g/mol. The van der Waals surface area contributed by atoms with Crippen LogP contribution in [0.4, 0.5) is 0 Å². The van der Waals surface area contributed by atoms with E-state index in [4.69, 9.17) is 5.11 Å². The summed E-state index contributed by atoms with van der Waals surface area (Å²) in [7, 11) is 0. The molecular formula is C15H27NO2. The number of rotatable bonds is 4. The fourth-order valence-electron chi connectivity index (χ4n) is 3.68. The molecule has 2 saturated carbocycles. The Bertz CT molecular complexity index is 280. The molecule has 3 nitrogen and oxygen atoms in total. The van der Waals surface area contributed by atoms with Crippen molar-refractivity contribution in [1.82, 2.24) is 5.32 Å². The molecule has 0 aromatic rings. The second-order valence-corrected chi connectivity index (χ2v) is 6.44. The molecule has 3 heteroatoms. The first-order valence-electron chi connectivity index (χ1n) is 7.61. The quantitative estimate of drug-likeness (QED) is 0.809. The summed E-state index contributed by atoms with van der Waals surface area (Å²) in [5, 5.41) is 12.7. The van der Waals surface area contributed by atoms with Gasteiger partial charge in [0.2, 0.25) is 0 Å². The number of hydrogen-bond acceptors (Lipinski definition) is 2. The lowest BCUT2D eigenvalue weighted by molar-refractivity contribution is -0.143. The molecule has 18 heavy (non-hydrogen) atoms. The van der Waals surface area contributed by atoms with Gasteiger partial charge in [-0.05, 0) is 50.5 Å². The van der Waals surface area contributed by atoms with Crippen molar-refractivity contribution in [3.63, 3.8) is 0 Å². The second kappa shape index (κ2) is 6.55. The molecule has 0 aliphatic heterocycles. The van der Waals surface area contributed by atoms with Gasteiger partial charge in [-0.25, -0.2) is 0 Å². The molecule has 0 aromatic carbocycles. The minimum Gasteiger partial charge on any atom is -0.481 e. The molecule has 2 N–H and O–H groups in total. The Labute approximate surface area is 110 Å². The Morgan fingerprint density at radius 3 is 2.67 bits per heavy atom. The number of nitrogens with one attached hydrogen (secondary N) is 1. The highest BCUT2D eigenvalue weighted by Crippen LogP contribution is 2.29. The van der Waals surface area contributed by atoms with Crippen LogP contribution in [0, 0.1) is 17.8 Å². The first-order chi connectivity index (χ1) is 8.65. The van der Waals surface area contributed by atoms with Gasteiger partial charge in [0.15, 0.2) is 0 Å². The molecule has 2 rings (SSSR count). The molecule has 0 amide bonds. The third-order valence-corrected chi connectivity index (χ3v) is 4.76. The van der Waals surface area contributed by atoms with Gasteiger partial charge >= 0.3 is 5.97 Å². The Balaban J connectivity index is 1.71. The Morgan fingerprint density at radius 1 is 1.17 bits per heavy atom. The molecule has 0 saturated heterocycles. The van der Waals surface area contributed by atoms with Crippen LogP contribution in [-0.4, -0.2) is 23.7 Å². The van der Waals surface area contributed by atoms with Gasteiger partial charge in [-0.1, -0.05) is 26.2 Å². The molecule has 4 unspecified atom stereocenters. The third kappa shape index (κ3) is 3.98. The maximum Gasteiger partial charge on any atom is 0.306 e. The van der Waals surface area contributed by atoms with E-state index < -0.39 is 5.97 Å². The van der Waals surface area contributed by atoms with E-state index in [1.54, 1.807) is 0 Å². The molecule has 2 fully saturated rings. The maximum atomic E-state index is 11.0. The van der Waals surface area contributed by atoms with Crippen LogP contribution in [0.3, 0.4) is 0 Å². The fourth-order valence-corrected chi connectivity index (χ4v) is 3.68. The van der Waals surface area contributed by atoms with E-state index in [0.29, 0.717) is 6.04 Å². The second-order valence-electron chi connectivity index (χ2n) is 6.44. The summed E-state index contributed by atoms with van der Waals surface area (Å²) in [6.45, 7) is 3.45. The summed E-state index contributed by atoms with van der Waals surface area (Å²) >= 11 is 0. The fraction of sp³-hybridized carbons (Fsp3) is 0.933. The predicted molar refractivity (Wildman–Crippen MR) is 72.5 cm³/mol. The normalized spacial score (nSPS) is 37.4. The largest absolute Gasteiger partial charge is 0.481 e. The molecule has 2 aliphatic rings. The van der Waals surface area contributed by atoms with E-state index in [2.05, 4.69) is 12.2 Å². The zero-order chi connectivity index (χ0) is 13.0. The van der Waals surface area contributed by atoms with Crippen LogP contribution in [0.1, 0.15) is 58.3 Å². The smallest absolute Gasteiger partial charge is 0.306 e.